The average Bonchev–Trinajstić information content (AvgIpc) is 2.97. The molecule has 98 valence electrons. The molecule has 0 atom stereocenters. The van der Waals surface area contributed by atoms with Gasteiger partial charge < -0.3 is 19.9 Å². The summed E-state index contributed by atoms with van der Waals surface area (Å²) in [6.07, 6.45) is 3.39. The summed E-state index contributed by atoms with van der Waals surface area (Å²) in [6, 6.07) is 6.05. The van der Waals surface area contributed by atoms with Crippen LogP contribution < -0.4 is 14.8 Å². The first-order chi connectivity index (χ1) is 8.81. The lowest BCUT2D eigenvalue weighted by atomic mass is 10.0. The van der Waals surface area contributed by atoms with E-state index in [1.54, 1.807) is 0 Å². The van der Waals surface area contributed by atoms with E-state index in [9.17, 15) is 0 Å². The Hall–Kier alpha value is -1.26. The van der Waals surface area contributed by atoms with Crippen molar-refractivity contribution >= 4 is 0 Å². The quantitative estimate of drug-likeness (QED) is 0.805. The summed E-state index contributed by atoms with van der Waals surface area (Å²) in [5.74, 6) is 1.67. The fourth-order valence-corrected chi connectivity index (χ4v) is 2.45. The van der Waals surface area contributed by atoms with E-state index in [1.165, 1.54) is 18.4 Å². The number of ether oxygens (including phenoxy) is 2. The number of hydrogen-bond acceptors (Lipinski definition) is 4. The number of fused-ring (bicyclic) bond motifs is 1. The van der Waals surface area contributed by atoms with Crippen LogP contribution in [0.25, 0.3) is 0 Å². The lowest BCUT2D eigenvalue weighted by Gasteiger charge is -2.14. The van der Waals surface area contributed by atoms with Gasteiger partial charge in [-0.3, -0.25) is 0 Å². The molecular formula is C14H19NO3. The summed E-state index contributed by atoms with van der Waals surface area (Å²) in [6.45, 7) is 2.45. The van der Waals surface area contributed by atoms with Crippen molar-refractivity contribution in [2.24, 2.45) is 5.41 Å². The van der Waals surface area contributed by atoms with Crippen molar-refractivity contribution < 1.29 is 14.6 Å². The smallest absolute Gasteiger partial charge is 0.231 e. The first-order valence-corrected chi connectivity index (χ1v) is 6.51. The lowest BCUT2D eigenvalue weighted by Crippen LogP contribution is -2.24. The minimum atomic E-state index is 0.297. The van der Waals surface area contributed by atoms with Gasteiger partial charge in [-0.05, 0) is 42.4 Å². The minimum Gasteiger partial charge on any atom is -0.454 e. The van der Waals surface area contributed by atoms with E-state index in [2.05, 4.69) is 11.4 Å². The molecule has 0 saturated heterocycles. The van der Waals surface area contributed by atoms with Crippen LogP contribution in [0.15, 0.2) is 18.2 Å². The number of hydrogen-bond donors (Lipinski definition) is 2. The summed E-state index contributed by atoms with van der Waals surface area (Å²) in [7, 11) is 0. The van der Waals surface area contributed by atoms with E-state index in [-0.39, 0.29) is 0 Å². The van der Waals surface area contributed by atoms with Crippen molar-refractivity contribution in [1.82, 2.24) is 5.32 Å². The zero-order chi connectivity index (χ0) is 12.4. The second-order valence-corrected chi connectivity index (χ2v) is 5.26. The van der Waals surface area contributed by atoms with Crippen molar-refractivity contribution in [2.45, 2.75) is 25.8 Å². The standard InChI is InChI=1S/C14H19NO3/c16-6-5-14(3-4-14)9-15-8-11-1-2-12-13(7-11)18-10-17-12/h1-2,7,15-16H,3-6,8-10H2. The topological polar surface area (TPSA) is 50.7 Å². The van der Waals surface area contributed by atoms with Gasteiger partial charge in [0.15, 0.2) is 11.5 Å². The van der Waals surface area contributed by atoms with Crippen molar-refractivity contribution in [1.29, 1.82) is 0 Å². The average molecular weight is 249 g/mol. The normalized spacial score (nSPS) is 18.9. The molecule has 1 aliphatic heterocycles. The van der Waals surface area contributed by atoms with Crippen LogP contribution >= 0.6 is 0 Å². The fourth-order valence-electron chi connectivity index (χ4n) is 2.45. The largest absolute Gasteiger partial charge is 0.454 e. The van der Waals surface area contributed by atoms with Gasteiger partial charge in [0.25, 0.3) is 0 Å². The first-order valence-electron chi connectivity index (χ1n) is 6.51. The Morgan fingerprint density at radius 1 is 1.22 bits per heavy atom. The molecule has 1 aromatic carbocycles. The number of rotatable bonds is 6. The Bertz CT molecular complexity index is 429. The van der Waals surface area contributed by atoms with Crippen molar-refractivity contribution in [3.05, 3.63) is 23.8 Å². The maximum atomic E-state index is 9.01. The van der Waals surface area contributed by atoms with E-state index in [0.29, 0.717) is 18.8 Å². The second kappa shape index (κ2) is 4.78. The number of nitrogens with one attached hydrogen (secondary N) is 1. The van der Waals surface area contributed by atoms with Gasteiger partial charge in [0.1, 0.15) is 0 Å². The summed E-state index contributed by atoms with van der Waals surface area (Å²) in [4.78, 5) is 0. The Morgan fingerprint density at radius 2 is 2.06 bits per heavy atom. The van der Waals surface area contributed by atoms with Crippen LogP contribution in [0.3, 0.4) is 0 Å². The van der Waals surface area contributed by atoms with E-state index in [4.69, 9.17) is 14.6 Å². The van der Waals surface area contributed by atoms with Gasteiger partial charge in [-0.25, -0.2) is 0 Å². The maximum Gasteiger partial charge on any atom is 0.231 e. The zero-order valence-corrected chi connectivity index (χ0v) is 10.4. The van der Waals surface area contributed by atoms with Crippen molar-refractivity contribution in [3.8, 4) is 11.5 Å². The molecule has 4 heteroatoms. The maximum absolute atomic E-state index is 9.01. The second-order valence-electron chi connectivity index (χ2n) is 5.26. The molecule has 0 spiro atoms. The van der Waals surface area contributed by atoms with Gasteiger partial charge in [-0.2, -0.15) is 0 Å². The van der Waals surface area contributed by atoms with Crippen molar-refractivity contribution in [3.63, 3.8) is 0 Å². The molecule has 1 fully saturated rings. The predicted molar refractivity (Wildman–Crippen MR) is 67.6 cm³/mol. The molecule has 1 aromatic rings. The SMILES string of the molecule is OCCC1(CNCc2ccc3c(c2)OCO3)CC1. The van der Waals surface area contributed by atoms with Gasteiger partial charge in [0, 0.05) is 19.7 Å². The third-order valence-electron chi connectivity index (χ3n) is 3.87. The Kier molecular flexibility index (Phi) is 3.14. The molecule has 2 aliphatic rings. The highest BCUT2D eigenvalue weighted by Gasteiger charge is 2.41. The molecule has 18 heavy (non-hydrogen) atoms. The van der Waals surface area contributed by atoms with Gasteiger partial charge >= 0.3 is 0 Å². The summed E-state index contributed by atoms with van der Waals surface area (Å²) in [5, 5.41) is 12.5. The highest BCUT2D eigenvalue weighted by atomic mass is 16.7. The van der Waals surface area contributed by atoms with Crippen LogP contribution in [0.4, 0.5) is 0 Å². The van der Waals surface area contributed by atoms with E-state index in [0.717, 1.165) is 31.0 Å². The predicted octanol–water partition coefficient (Wildman–Crippen LogP) is 1.67. The van der Waals surface area contributed by atoms with Gasteiger partial charge in [0.05, 0.1) is 0 Å². The summed E-state index contributed by atoms with van der Waals surface area (Å²) in [5.41, 5.74) is 1.57. The van der Waals surface area contributed by atoms with Crippen LogP contribution in [0.1, 0.15) is 24.8 Å². The van der Waals surface area contributed by atoms with E-state index < -0.39 is 0 Å². The van der Waals surface area contributed by atoms with Gasteiger partial charge in [-0.15, -0.1) is 0 Å². The Labute approximate surface area is 107 Å². The third kappa shape index (κ3) is 2.44. The van der Waals surface area contributed by atoms with Gasteiger partial charge in [-0.1, -0.05) is 6.07 Å². The molecule has 1 saturated carbocycles. The molecule has 3 rings (SSSR count). The molecule has 2 N–H and O–H groups in total. The molecule has 4 nitrogen and oxygen atoms in total. The molecule has 0 amide bonds. The number of aliphatic hydroxyl groups excluding tert-OH is 1. The molecular weight excluding hydrogens is 230 g/mol. The van der Waals surface area contributed by atoms with Crippen LogP contribution in [0.2, 0.25) is 0 Å². The molecule has 0 aromatic heterocycles. The Balaban J connectivity index is 1.51. The van der Waals surface area contributed by atoms with Crippen LogP contribution in [-0.2, 0) is 6.54 Å². The molecule has 0 radical (unpaired) electrons. The van der Waals surface area contributed by atoms with Gasteiger partial charge in [0.2, 0.25) is 6.79 Å². The molecule has 0 bridgehead atoms. The molecule has 1 heterocycles. The lowest BCUT2D eigenvalue weighted by molar-refractivity contribution is 0.174. The van der Waals surface area contributed by atoms with Crippen LogP contribution in [-0.4, -0.2) is 25.1 Å². The molecule has 1 aliphatic carbocycles. The number of benzene rings is 1. The number of aliphatic hydroxyl groups is 1. The fraction of sp³-hybridized carbons (Fsp3) is 0.571. The van der Waals surface area contributed by atoms with Crippen LogP contribution in [0, 0.1) is 5.41 Å². The molecule has 0 unspecified atom stereocenters. The summed E-state index contributed by atoms with van der Waals surface area (Å²) < 4.78 is 10.6. The summed E-state index contributed by atoms with van der Waals surface area (Å²) >= 11 is 0. The minimum absolute atomic E-state index is 0.297. The van der Waals surface area contributed by atoms with E-state index in [1.807, 2.05) is 12.1 Å². The monoisotopic (exact) mass is 249 g/mol. The zero-order valence-electron chi connectivity index (χ0n) is 10.4. The Morgan fingerprint density at radius 3 is 2.83 bits per heavy atom. The van der Waals surface area contributed by atoms with Crippen molar-refractivity contribution in [2.75, 3.05) is 19.9 Å². The van der Waals surface area contributed by atoms with Crippen LogP contribution in [0.5, 0.6) is 11.5 Å². The first kappa shape index (κ1) is 11.8. The highest BCUT2D eigenvalue weighted by molar-refractivity contribution is 5.44. The third-order valence-corrected chi connectivity index (χ3v) is 3.87. The highest BCUT2D eigenvalue weighted by Crippen LogP contribution is 2.47. The van der Waals surface area contributed by atoms with E-state index >= 15 is 0 Å².